The fraction of sp³-hybridized carbons (Fsp3) is 0.176. The number of aryl methyl sites for hydroxylation is 1. The molecule has 3 aromatic rings. The normalized spacial score (nSPS) is 10.6. The minimum absolute atomic E-state index is 0.597. The van der Waals surface area contributed by atoms with Crippen molar-refractivity contribution in [3.63, 3.8) is 0 Å². The molecule has 0 bridgehead atoms. The number of hydrogen-bond acceptors (Lipinski definition) is 3. The summed E-state index contributed by atoms with van der Waals surface area (Å²) in [5, 5.41) is 9.87. The fourth-order valence-electron chi connectivity index (χ4n) is 2.55. The van der Waals surface area contributed by atoms with E-state index in [2.05, 4.69) is 15.6 Å². The fourth-order valence-corrected chi connectivity index (χ4v) is 2.72. The van der Waals surface area contributed by atoms with E-state index in [0.29, 0.717) is 17.1 Å². The Kier molecular flexibility index (Phi) is 3.74. The Labute approximate surface area is 134 Å². The molecule has 1 heterocycles. The van der Waals surface area contributed by atoms with E-state index in [0.717, 1.165) is 22.5 Å². The average molecular weight is 311 g/mol. The van der Waals surface area contributed by atoms with Gasteiger partial charge in [0.1, 0.15) is 11.9 Å². The standard InChI is InChI=1S/C17H15ClN4/c1-21(16-9-13(18)8-7-12(16)10-19)11-17-20-14-5-3-4-6-15(14)22(17)2/h3-9H,11H2,1-2H3. The molecule has 22 heavy (non-hydrogen) atoms. The Balaban J connectivity index is 1.97. The molecule has 0 N–H and O–H groups in total. The highest BCUT2D eigenvalue weighted by atomic mass is 35.5. The van der Waals surface area contributed by atoms with Crippen LogP contribution in [-0.2, 0) is 13.6 Å². The van der Waals surface area contributed by atoms with Gasteiger partial charge in [-0.1, -0.05) is 23.7 Å². The second-order valence-corrected chi connectivity index (χ2v) is 5.64. The number of anilines is 1. The topological polar surface area (TPSA) is 44.9 Å². The van der Waals surface area contributed by atoms with Crippen molar-refractivity contribution in [1.82, 2.24) is 9.55 Å². The molecule has 0 aliphatic rings. The summed E-state index contributed by atoms with van der Waals surface area (Å²) < 4.78 is 2.07. The van der Waals surface area contributed by atoms with Crippen molar-refractivity contribution >= 4 is 28.3 Å². The van der Waals surface area contributed by atoms with E-state index < -0.39 is 0 Å². The lowest BCUT2D eigenvalue weighted by atomic mass is 10.2. The van der Waals surface area contributed by atoms with Crippen LogP contribution in [-0.4, -0.2) is 16.6 Å². The van der Waals surface area contributed by atoms with E-state index >= 15 is 0 Å². The molecule has 0 aliphatic carbocycles. The van der Waals surface area contributed by atoms with Gasteiger partial charge in [0.05, 0.1) is 28.8 Å². The summed E-state index contributed by atoms with van der Waals surface area (Å²) in [6.07, 6.45) is 0. The van der Waals surface area contributed by atoms with Gasteiger partial charge >= 0.3 is 0 Å². The zero-order chi connectivity index (χ0) is 15.7. The predicted molar refractivity (Wildman–Crippen MR) is 89.0 cm³/mol. The summed E-state index contributed by atoms with van der Waals surface area (Å²) in [6, 6.07) is 15.5. The summed E-state index contributed by atoms with van der Waals surface area (Å²) in [4.78, 5) is 6.65. The first-order valence-electron chi connectivity index (χ1n) is 6.91. The van der Waals surface area contributed by atoms with Crippen LogP contribution in [0.4, 0.5) is 5.69 Å². The summed E-state index contributed by atoms with van der Waals surface area (Å²) in [5.41, 5.74) is 3.48. The highest BCUT2D eigenvalue weighted by Crippen LogP contribution is 2.25. The molecule has 0 aliphatic heterocycles. The number of halogens is 1. The van der Waals surface area contributed by atoms with Crippen molar-refractivity contribution in [2.45, 2.75) is 6.54 Å². The average Bonchev–Trinajstić information content (AvgIpc) is 2.84. The number of para-hydroxylation sites is 2. The lowest BCUT2D eigenvalue weighted by Crippen LogP contribution is -2.20. The van der Waals surface area contributed by atoms with Crippen LogP contribution < -0.4 is 4.90 Å². The minimum atomic E-state index is 0.597. The smallest absolute Gasteiger partial charge is 0.129 e. The maximum Gasteiger partial charge on any atom is 0.129 e. The Bertz CT molecular complexity index is 876. The quantitative estimate of drug-likeness (QED) is 0.740. The van der Waals surface area contributed by atoms with E-state index in [4.69, 9.17) is 11.6 Å². The molecule has 0 unspecified atom stereocenters. The third-order valence-electron chi connectivity index (χ3n) is 3.75. The molecule has 0 radical (unpaired) electrons. The summed E-state index contributed by atoms with van der Waals surface area (Å²) >= 11 is 6.06. The van der Waals surface area contributed by atoms with E-state index in [1.807, 2.05) is 49.3 Å². The van der Waals surface area contributed by atoms with E-state index in [1.165, 1.54) is 0 Å². The number of benzene rings is 2. The Hall–Kier alpha value is -2.51. The Morgan fingerprint density at radius 2 is 2.05 bits per heavy atom. The number of rotatable bonds is 3. The molecule has 110 valence electrons. The van der Waals surface area contributed by atoms with Crippen LogP contribution in [0.2, 0.25) is 5.02 Å². The van der Waals surface area contributed by atoms with Gasteiger partial charge in [0.25, 0.3) is 0 Å². The van der Waals surface area contributed by atoms with Crippen molar-refractivity contribution in [2.75, 3.05) is 11.9 Å². The van der Waals surface area contributed by atoms with Gasteiger partial charge in [-0.25, -0.2) is 4.98 Å². The molecule has 1 aromatic heterocycles. The SMILES string of the molecule is CN(Cc1nc2ccccc2n1C)c1cc(Cl)ccc1C#N. The van der Waals surface area contributed by atoms with E-state index in [1.54, 1.807) is 12.1 Å². The van der Waals surface area contributed by atoms with Crippen LogP contribution in [0.3, 0.4) is 0 Å². The van der Waals surface area contributed by atoms with Crippen molar-refractivity contribution in [3.05, 3.63) is 58.9 Å². The van der Waals surface area contributed by atoms with E-state index in [-0.39, 0.29) is 0 Å². The van der Waals surface area contributed by atoms with Crippen LogP contribution in [0.1, 0.15) is 11.4 Å². The lowest BCUT2D eigenvalue weighted by molar-refractivity contribution is 0.775. The van der Waals surface area contributed by atoms with Gasteiger partial charge in [-0.2, -0.15) is 5.26 Å². The highest BCUT2D eigenvalue weighted by Gasteiger charge is 2.13. The van der Waals surface area contributed by atoms with Gasteiger partial charge in [0.15, 0.2) is 0 Å². The predicted octanol–water partition coefficient (Wildman–Crippen LogP) is 3.73. The Morgan fingerprint density at radius 1 is 1.27 bits per heavy atom. The molecule has 0 saturated heterocycles. The third kappa shape index (κ3) is 2.51. The minimum Gasteiger partial charge on any atom is -0.366 e. The van der Waals surface area contributed by atoms with Crippen molar-refractivity contribution in [3.8, 4) is 6.07 Å². The van der Waals surface area contributed by atoms with Crippen LogP contribution in [0.5, 0.6) is 0 Å². The van der Waals surface area contributed by atoms with E-state index in [9.17, 15) is 5.26 Å². The number of fused-ring (bicyclic) bond motifs is 1. The Morgan fingerprint density at radius 3 is 2.77 bits per heavy atom. The van der Waals surface area contributed by atoms with Crippen LogP contribution in [0.25, 0.3) is 11.0 Å². The van der Waals surface area contributed by atoms with Gasteiger partial charge in [-0.05, 0) is 30.3 Å². The summed E-state index contributed by atoms with van der Waals surface area (Å²) in [5.74, 6) is 0.938. The van der Waals surface area contributed by atoms with Gasteiger partial charge in [0.2, 0.25) is 0 Å². The number of hydrogen-bond donors (Lipinski definition) is 0. The second-order valence-electron chi connectivity index (χ2n) is 5.21. The van der Waals surface area contributed by atoms with Crippen LogP contribution in [0, 0.1) is 11.3 Å². The maximum atomic E-state index is 9.25. The number of imidazole rings is 1. The molecule has 0 atom stereocenters. The third-order valence-corrected chi connectivity index (χ3v) is 3.98. The molecule has 0 saturated carbocycles. The molecule has 4 nitrogen and oxygen atoms in total. The molecule has 3 rings (SSSR count). The van der Waals surface area contributed by atoms with Gasteiger partial charge in [0, 0.05) is 19.1 Å². The lowest BCUT2D eigenvalue weighted by Gasteiger charge is -2.20. The maximum absolute atomic E-state index is 9.25. The zero-order valence-corrected chi connectivity index (χ0v) is 13.2. The molecule has 0 spiro atoms. The number of nitriles is 1. The van der Waals surface area contributed by atoms with Crippen LogP contribution in [0.15, 0.2) is 42.5 Å². The van der Waals surface area contributed by atoms with Gasteiger partial charge < -0.3 is 9.47 Å². The molecule has 0 amide bonds. The van der Waals surface area contributed by atoms with Crippen LogP contribution >= 0.6 is 11.6 Å². The summed E-state index contributed by atoms with van der Waals surface area (Å²) in [6.45, 7) is 0.597. The molecular weight excluding hydrogens is 296 g/mol. The second kappa shape index (κ2) is 5.70. The van der Waals surface area contributed by atoms with Gasteiger partial charge in [-0.3, -0.25) is 0 Å². The van der Waals surface area contributed by atoms with Crippen molar-refractivity contribution in [2.24, 2.45) is 7.05 Å². The molecular formula is C17H15ClN4. The zero-order valence-electron chi connectivity index (χ0n) is 12.4. The van der Waals surface area contributed by atoms with Crippen molar-refractivity contribution in [1.29, 1.82) is 5.26 Å². The van der Waals surface area contributed by atoms with Crippen molar-refractivity contribution < 1.29 is 0 Å². The number of nitrogens with zero attached hydrogens (tertiary/aromatic N) is 4. The first-order chi connectivity index (χ1) is 10.6. The summed E-state index contributed by atoms with van der Waals surface area (Å²) in [7, 11) is 3.94. The first-order valence-corrected chi connectivity index (χ1v) is 7.29. The first kappa shape index (κ1) is 14.4. The monoisotopic (exact) mass is 310 g/mol. The molecule has 0 fully saturated rings. The number of aromatic nitrogens is 2. The highest BCUT2D eigenvalue weighted by molar-refractivity contribution is 6.30. The van der Waals surface area contributed by atoms with Gasteiger partial charge in [-0.15, -0.1) is 0 Å². The largest absolute Gasteiger partial charge is 0.366 e. The molecule has 2 aromatic carbocycles. The molecule has 5 heteroatoms.